The number of carbonyl (C=O) groups is 2. The molecule has 2 amide bonds. The SMILES string of the molecule is CCC(=O)N1CCC(NC(=O)OCCCl)CC1. The van der Waals surface area contributed by atoms with Gasteiger partial charge in [-0.25, -0.2) is 4.79 Å². The highest BCUT2D eigenvalue weighted by Gasteiger charge is 2.23. The van der Waals surface area contributed by atoms with Gasteiger partial charge in [0.05, 0.1) is 5.88 Å². The van der Waals surface area contributed by atoms with Crippen LogP contribution in [0.3, 0.4) is 0 Å². The van der Waals surface area contributed by atoms with E-state index in [9.17, 15) is 9.59 Å². The molecule has 0 aromatic heterocycles. The highest BCUT2D eigenvalue weighted by Crippen LogP contribution is 2.11. The van der Waals surface area contributed by atoms with E-state index in [1.54, 1.807) is 0 Å². The molecule has 1 N–H and O–H groups in total. The number of alkyl carbamates (subject to hydrolysis) is 1. The Morgan fingerprint density at radius 2 is 2.06 bits per heavy atom. The summed E-state index contributed by atoms with van der Waals surface area (Å²) in [6.07, 6.45) is 1.67. The third-order valence-electron chi connectivity index (χ3n) is 2.78. The fourth-order valence-corrected chi connectivity index (χ4v) is 1.91. The maximum absolute atomic E-state index is 11.4. The Balaban J connectivity index is 2.23. The molecule has 0 aliphatic carbocycles. The number of hydrogen-bond donors (Lipinski definition) is 1. The second kappa shape index (κ2) is 7.37. The van der Waals surface area contributed by atoms with Crippen LogP contribution in [0.2, 0.25) is 0 Å². The zero-order valence-electron chi connectivity index (χ0n) is 10.1. The maximum Gasteiger partial charge on any atom is 0.407 e. The van der Waals surface area contributed by atoms with Crippen molar-refractivity contribution in [1.82, 2.24) is 10.2 Å². The van der Waals surface area contributed by atoms with E-state index in [0.717, 1.165) is 12.8 Å². The van der Waals surface area contributed by atoms with Crippen molar-refractivity contribution in [2.45, 2.75) is 32.2 Å². The Hall–Kier alpha value is -0.970. The van der Waals surface area contributed by atoms with Crippen LogP contribution in [0.4, 0.5) is 4.79 Å². The van der Waals surface area contributed by atoms with Crippen LogP contribution in [0.15, 0.2) is 0 Å². The standard InChI is InChI=1S/C11H19ClN2O3/c1-2-10(15)14-6-3-9(4-7-14)13-11(16)17-8-5-12/h9H,2-8H2,1H3,(H,13,16). The predicted molar refractivity (Wildman–Crippen MR) is 65.1 cm³/mol. The van der Waals surface area contributed by atoms with Gasteiger partial charge in [0.2, 0.25) is 5.91 Å². The second-order valence-electron chi connectivity index (χ2n) is 3.98. The molecule has 17 heavy (non-hydrogen) atoms. The van der Waals surface area contributed by atoms with Crippen LogP contribution in [-0.4, -0.2) is 48.5 Å². The van der Waals surface area contributed by atoms with Gasteiger partial charge in [-0.05, 0) is 12.8 Å². The highest BCUT2D eigenvalue weighted by atomic mass is 35.5. The van der Waals surface area contributed by atoms with Crippen molar-refractivity contribution in [3.05, 3.63) is 0 Å². The monoisotopic (exact) mass is 262 g/mol. The number of nitrogens with one attached hydrogen (secondary N) is 1. The van der Waals surface area contributed by atoms with Crippen molar-refractivity contribution in [2.75, 3.05) is 25.6 Å². The second-order valence-corrected chi connectivity index (χ2v) is 4.36. The molecule has 1 rings (SSSR count). The minimum atomic E-state index is -0.425. The van der Waals surface area contributed by atoms with Crippen LogP contribution in [0, 0.1) is 0 Å². The fourth-order valence-electron chi connectivity index (χ4n) is 1.84. The average Bonchev–Trinajstić information content (AvgIpc) is 2.36. The summed E-state index contributed by atoms with van der Waals surface area (Å²) >= 11 is 5.41. The number of alkyl halides is 1. The molecule has 1 heterocycles. The minimum absolute atomic E-state index is 0.0960. The van der Waals surface area contributed by atoms with Gasteiger partial charge in [0.25, 0.3) is 0 Å². The van der Waals surface area contributed by atoms with Crippen LogP contribution < -0.4 is 5.32 Å². The normalized spacial score (nSPS) is 16.7. The molecule has 0 saturated carbocycles. The van der Waals surface area contributed by atoms with Crippen LogP contribution in [0.25, 0.3) is 0 Å². The molecule has 5 nitrogen and oxygen atoms in total. The number of likely N-dealkylation sites (tertiary alicyclic amines) is 1. The Labute approximate surface area is 106 Å². The van der Waals surface area contributed by atoms with E-state index in [1.807, 2.05) is 11.8 Å². The topological polar surface area (TPSA) is 58.6 Å². The van der Waals surface area contributed by atoms with E-state index < -0.39 is 6.09 Å². The summed E-state index contributed by atoms with van der Waals surface area (Å²) in [7, 11) is 0. The molecular formula is C11H19ClN2O3. The molecule has 1 aliphatic rings. The third-order valence-corrected chi connectivity index (χ3v) is 2.94. The van der Waals surface area contributed by atoms with Gasteiger partial charge in [-0.2, -0.15) is 0 Å². The molecule has 0 spiro atoms. The lowest BCUT2D eigenvalue weighted by Crippen LogP contribution is -2.46. The Bertz CT molecular complexity index is 265. The first-order chi connectivity index (χ1) is 8.17. The van der Waals surface area contributed by atoms with Crippen LogP contribution >= 0.6 is 11.6 Å². The molecule has 1 saturated heterocycles. The summed E-state index contributed by atoms with van der Waals surface area (Å²) in [6.45, 7) is 3.48. The lowest BCUT2D eigenvalue weighted by atomic mass is 10.1. The zero-order chi connectivity index (χ0) is 12.7. The van der Waals surface area contributed by atoms with Crippen molar-refractivity contribution < 1.29 is 14.3 Å². The number of nitrogens with zero attached hydrogens (tertiary/aromatic N) is 1. The summed E-state index contributed by atoms with van der Waals surface area (Å²) < 4.78 is 4.83. The van der Waals surface area contributed by atoms with Crippen molar-refractivity contribution in [3.63, 3.8) is 0 Å². The van der Waals surface area contributed by atoms with E-state index >= 15 is 0 Å². The van der Waals surface area contributed by atoms with Crippen molar-refractivity contribution >= 4 is 23.6 Å². The van der Waals surface area contributed by atoms with Gasteiger partial charge in [0.15, 0.2) is 0 Å². The van der Waals surface area contributed by atoms with E-state index in [2.05, 4.69) is 5.32 Å². The summed E-state index contributed by atoms with van der Waals surface area (Å²) in [5, 5.41) is 2.77. The quantitative estimate of drug-likeness (QED) is 0.778. The first kappa shape index (κ1) is 14.1. The van der Waals surface area contributed by atoms with E-state index in [-0.39, 0.29) is 18.6 Å². The Kier molecular flexibility index (Phi) is 6.11. The summed E-state index contributed by atoms with van der Waals surface area (Å²) in [4.78, 5) is 24.5. The minimum Gasteiger partial charge on any atom is -0.448 e. The zero-order valence-corrected chi connectivity index (χ0v) is 10.8. The van der Waals surface area contributed by atoms with Crippen molar-refractivity contribution in [1.29, 1.82) is 0 Å². The Morgan fingerprint density at radius 3 is 2.59 bits per heavy atom. The van der Waals surface area contributed by atoms with Crippen LogP contribution in [0.5, 0.6) is 0 Å². The molecule has 0 aromatic carbocycles. The van der Waals surface area contributed by atoms with Gasteiger partial charge < -0.3 is 15.0 Å². The van der Waals surface area contributed by atoms with E-state index in [4.69, 9.17) is 16.3 Å². The number of carbonyl (C=O) groups excluding carboxylic acids is 2. The molecule has 0 atom stereocenters. The third kappa shape index (κ3) is 4.81. The Morgan fingerprint density at radius 1 is 1.41 bits per heavy atom. The van der Waals surface area contributed by atoms with Gasteiger partial charge >= 0.3 is 6.09 Å². The summed E-state index contributed by atoms with van der Waals surface area (Å²) in [5.74, 6) is 0.477. The predicted octanol–water partition coefficient (Wildman–Crippen LogP) is 1.35. The molecule has 98 valence electrons. The molecule has 0 radical (unpaired) electrons. The summed E-state index contributed by atoms with van der Waals surface area (Å²) in [5.41, 5.74) is 0. The molecule has 0 aromatic rings. The van der Waals surface area contributed by atoms with E-state index in [0.29, 0.717) is 25.4 Å². The smallest absolute Gasteiger partial charge is 0.407 e. The molecule has 0 bridgehead atoms. The largest absolute Gasteiger partial charge is 0.448 e. The van der Waals surface area contributed by atoms with Crippen LogP contribution in [-0.2, 0) is 9.53 Å². The highest BCUT2D eigenvalue weighted by molar-refractivity contribution is 6.18. The first-order valence-electron chi connectivity index (χ1n) is 5.94. The number of hydrogen-bond acceptors (Lipinski definition) is 3. The van der Waals surface area contributed by atoms with Gasteiger partial charge in [-0.1, -0.05) is 6.92 Å². The number of piperidine rings is 1. The van der Waals surface area contributed by atoms with Crippen molar-refractivity contribution in [3.8, 4) is 0 Å². The molecule has 1 aliphatic heterocycles. The number of amides is 2. The van der Waals surface area contributed by atoms with Crippen molar-refractivity contribution in [2.24, 2.45) is 0 Å². The number of rotatable bonds is 4. The number of ether oxygens (including phenoxy) is 1. The summed E-state index contributed by atoms with van der Waals surface area (Å²) in [6, 6.07) is 0.0960. The van der Waals surface area contributed by atoms with Gasteiger partial charge in [-0.3, -0.25) is 4.79 Å². The van der Waals surface area contributed by atoms with Gasteiger partial charge in [-0.15, -0.1) is 11.6 Å². The first-order valence-corrected chi connectivity index (χ1v) is 6.47. The molecule has 0 unspecified atom stereocenters. The molecule has 6 heteroatoms. The van der Waals surface area contributed by atoms with Gasteiger partial charge in [0, 0.05) is 25.6 Å². The van der Waals surface area contributed by atoms with E-state index in [1.165, 1.54) is 0 Å². The lowest BCUT2D eigenvalue weighted by molar-refractivity contribution is -0.131. The van der Waals surface area contributed by atoms with Crippen LogP contribution in [0.1, 0.15) is 26.2 Å². The van der Waals surface area contributed by atoms with Gasteiger partial charge in [0.1, 0.15) is 6.61 Å². The molecule has 1 fully saturated rings. The fraction of sp³-hybridized carbons (Fsp3) is 0.818. The maximum atomic E-state index is 11.4. The lowest BCUT2D eigenvalue weighted by Gasteiger charge is -2.32. The molecular weight excluding hydrogens is 244 g/mol. The average molecular weight is 263 g/mol. The number of halogens is 1.